The van der Waals surface area contributed by atoms with Gasteiger partial charge in [0.05, 0.1) is 0 Å². The lowest BCUT2D eigenvalue weighted by Gasteiger charge is -2.09. The van der Waals surface area contributed by atoms with E-state index in [9.17, 15) is 13.6 Å². The average Bonchev–Trinajstić information content (AvgIpc) is 2.72. The summed E-state index contributed by atoms with van der Waals surface area (Å²) in [6, 6.07) is 3.75. The van der Waals surface area contributed by atoms with Gasteiger partial charge in [0.1, 0.15) is 5.78 Å². The third kappa shape index (κ3) is 2.58. The van der Waals surface area contributed by atoms with Crippen molar-refractivity contribution in [1.82, 2.24) is 0 Å². The molecule has 0 bridgehead atoms. The molecule has 2 rings (SSSR count). The molecular formula is C13H13F2NO. The lowest BCUT2D eigenvalue weighted by atomic mass is 9.96. The third-order valence-corrected chi connectivity index (χ3v) is 2.93. The molecule has 0 saturated carbocycles. The zero-order chi connectivity index (χ0) is 12.4. The number of hydrogen-bond donors (Lipinski definition) is 1. The molecule has 1 aromatic rings. The molecular weight excluding hydrogens is 224 g/mol. The minimum Gasteiger partial charge on any atom is -0.324 e. The second kappa shape index (κ2) is 4.75. The fourth-order valence-electron chi connectivity index (χ4n) is 1.97. The van der Waals surface area contributed by atoms with Crippen molar-refractivity contribution < 1.29 is 13.6 Å². The summed E-state index contributed by atoms with van der Waals surface area (Å²) in [5.41, 5.74) is 5.74. The van der Waals surface area contributed by atoms with Crippen LogP contribution in [-0.4, -0.2) is 11.8 Å². The van der Waals surface area contributed by atoms with Gasteiger partial charge in [-0.05, 0) is 18.1 Å². The van der Waals surface area contributed by atoms with E-state index in [0.717, 1.165) is 6.07 Å². The van der Waals surface area contributed by atoms with Crippen molar-refractivity contribution in [2.24, 2.45) is 11.7 Å². The maximum atomic E-state index is 13.4. The molecule has 17 heavy (non-hydrogen) atoms. The second-order valence-electron chi connectivity index (χ2n) is 4.25. The number of allylic oxidation sites excluding steroid dienone is 1. The molecule has 1 aliphatic rings. The van der Waals surface area contributed by atoms with Crippen LogP contribution in [0.4, 0.5) is 8.78 Å². The van der Waals surface area contributed by atoms with Gasteiger partial charge in [-0.25, -0.2) is 8.78 Å². The van der Waals surface area contributed by atoms with Gasteiger partial charge in [-0.1, -0.05) is 24.3 Å². The van der Waals surface area contributed by atoms with Gasteiger partial charge in [0.25, 0.3) is 0 Å². The smallest absolute Gasteiger partial charge is 0.162 e. The van der Waals surface area contributed by atoms with E-state index in [0.29, 0.717) is 6.42 Å². The largest absolute Gasteiger partial charge is 0.324 e. The summed E-state index contributed by atoms with van der Waals surface area (Å²) in [5, 5.41) is 0. The van der Waals surface area contributed by atoms with Gasteiger partial charge in [-0.2, -0.15) is 0 Å². The van der Waals surface area contributed by atoms with E-state index in [1.165, 1.54) is 12.1 Å². The molecule has 1 aliphatic carbocycles. The van der Waals surface area contributed by atoms with Gasteiger partial charge in [-0.3, -0.25) is 4.79 Å². The topological polar surface area (TPSA) is 43.1 Å². The van der Waals surface area contributed by atoms with Gasteiger partial charge in [0.2, 0.25) is 0 Å². The summed E-state index contributed by atoms with van der Waals surface area (Å²) in [7, 11) is 0. The summed E-state index contributed by atoms with van der Waals surface area (Å²) in [5.74, 6) is -2.26. The molecule has 0 saturated heterocycles. The van der Waals surface area contributed by atoms with Gasteiger partial charge in [0.15, 0.2) is 11.6 Å². The predicted octanol–water partition coefficient (Wildman–Crippen LogP) is 1.98. The molecule has 2 N–H and O–H groups in total. The summed E-state index contributed by atoms with van der Waals surface area (Å²) in [4.78, 5) is 11.8. The van der Waals surface area contributed by atoms with E-state index in [4.69, 9.17) is 5.73 Å². The van der Waals surface area contributed by atoms with Crippen molar-refractivity contribution in [1.29, 1.82) is 0 Å². The van der Waals surface area contributed by atoms with E-state index < -0.39 is 11.6 Å². The molecule has 0 aromatic heterocycles. The molecule has 0 heterocycles. The Morgan fingerprint density at radius 3 is 2.76 bits per heavy atom. The van der Waals surface area contributed by atoms with Crippen molar-refractivity contribution in [2.75, 3.05) is 0 Å². The molecule has 0 aliphatic heterocycles. The molecule has 0 amide bonds. The summed E-state index contributed by atoms with van der Waals surface area (Å²) in [6.45, 7) is 0. The first kappa shape index (κ1) is 11.9. The number of ketones is 1. The number of benzene rings is 1. The number of hydrogen-bond acceptors (Lipinski definition) is 2. The lowest BCUT2D eigenvalue weighted by molar-refractivity contribution is -0.120. The van der Waals surface area contributed by atoms with Crippen LogP contribution in [0.2, 0.25) is 0 Å². The molecule has 2 nitrogen and oxygen atoms in total. The van der Waals surface area contributed by atoms with Gasteiger partial charge in [0, 0.05) is 18.4 Å². The van der Waals surface area contributed by atoms with Crippen molar-refractivity contribution in [3.05, 3.63) is 47.5 Å². The van der Waals surface area contributed by atoms with Crippen LogP contribution >= 0.6 is 0 Å². The molecule has 4 heteroatoms. The molecule has 2 atom stereocenters. The van der Waals surface area contributed by atoms with E-state index in [1.54, 1.807) is 12.2 Å². The Bertz CT molecular complexity index is 470. The Hall–Kier alpha value is -1.55. The Morgan fingerprint density at radius 2 is 2.12 bits per heavy atom. The van der Waals surface area contributed by atoms with E-state index >= 15 is 0 Å². The monoisotopic (exact) mass is 237 g/mol. The van der Waals surface area contributed by atoms with Crippen molar-refractivity contribution in [3.8, 4) is 0 Å². The Labute approximate surface area is 98.1 Å². The highest BCUT2D eigenvalue weighted by Crippen LogP contribution is 2.20. The van der Waals surface area contributed by atoms with Crippen LogP contribution in [0.5, 0.6) is 0 Å². The van der Waals surface area contributed by atoms with E-state index in [-0.39, 0.29) is 29.7 Å². The Kier molecular flexibility index (Phi) is 3.33. The van der Waals surface area contributed by atoms with Crippen LogP contribution in [0, 0.1) is 17.6 Å². The maximum absolute atomic E-state index is 13.4. The van der Waals surface area contributed by atoms with Crippen LogP contribution in [0.1, 0.15) is 12.0 Å². The third-order valence-electron chi connectivity index (χ3n) is 2.93. The molecule has 0 spiro atoms. The SMILES string of the molecule is NC1C=CC(C(=O)Cc2cccc(F)c2F)C1. The minimum atomic E-state index is -0.938. The van der Waals surface area contributed by atoms with Crippen LogP contribution in [0.25, 0.3) is 0 Å². The van der Waals surface area contributed by atoms with Crippen molar-refractivity contribution in [2.45, 2.75) is 18.9 Å². The van der Waals surface area contributed by atoms with Crippen molar-refractivity contribution in [3.63, 3.8) is 0 Å². The molecule has 90 valence electrons. The molecule has 2 unspecified atom stereocenters. The number of carbonyl (C=O) groups excluding carboxylic acids is 1. The first-order valence-corrected chi connectivity index (χ1v) is 5.47. The van der Waals surface area contributed by atoms with E-state index in [1.807, 2.05) is 0 Å². The lowest BCUT2D eigenvalue weighted by Crippen LogP contribution is -2.20. The second-order valence-corrected chi connectivity index (χ2v) is 4.25. The molecule has 0 fully saturated rings. The first-order valence-electron chi connectivity index (χ1n) is 5.47. The van der Waals surface area contributed by atoms with Crippen molar-refractivity contribution >= 4 is 5.78 Å². The van der Waals surface area contributed by atoms with Gasteiger partial charge >= 0.3 is 0 Å². The fraction of sp³-hybridized carbons (Fsp3) is 0.308. The molecule has 0 radical (unpaired) electrons. The normalized spacial score (nSPS) is 23.0. The summed E-state index contributed by atoms with van der Waals surface area (Å²) in [6.07, 6.45) is 3.97. The zero-order valence-electron chi connectivity index (χ0n) is 9.20. The minimum absolute atomic E-state index is 0.0919. The first-order chi connectivity index (χ1) is 8.08. The number of halogens is 2. The fourth-order valence-corrected chi connectivity index (χ4v) is 1.97. The maximum Gasteiger partial charge on any atom is 0.162 e. The zero-order valence-corrected chi connectivity index (χ0v) is 9.20. The van der Waals surface area contributed by atoms with Gasteiger partial charge in [-0.15, -0.1) is 0 Å². The standard InChI is InChI=1S/C13H13F2NO/c14-11-3-1-2-9(13(11)15)7-12(17)8-4-5-10(16)6-8/h1-5,8,10H,6-7,16H2. The Balaban J connectivity index is 2.09. The van der Waals surface area contributed by atoms with Crippen LogP contribution in [0.3, 0.4) is 0 Å². The Morgan fingerprint density at radius 1 is 1.35 bits per heavy atom. The predicted molar refractivity (Wildman–Crippen MR) is 60.3 cm³/mol. The number of Topliss-reactive ketones (excluding diaryl/α,β-unsaturated/α-hetero) is 1. The van der Waals surface area contributed by atoms with Crippen LogP contribution in [0.15, 0.2) is 30.4 Å². The summed E-state index contributed by atoms with van der Waals surface area (Å²) < 4.78 is 26.3. The highest BCUT2D eigenvalue weighted by Gasteiger charge is 2.23. The van der Waals surface area contributed by atoms with E-state index in [2.05, 4.69) is 0 Å². The number of nitrogens with two attached hydrogens (primary N) is 1. The quantitative estimate of drug-likeness (QED) is 0.817. The number of carbonyl (C=O) groups is 1. The number of rotatable bonds is 3. The highest BCUT2D eigenvalue weighted by atomic mass is 19.2. The van der Waals surface area contributed by atoms with Crippen LogP contribution < -0.4 is 5.73 Å². The summed E-state index contributed by atoms with van der Waals surface area (Å²) >= 11 is 0. The van der Waals surface area contributed by atoms with Crippen LogP contribution in [-0.2, 0) is 11.2 Å². The molecule has 1 aromatic carbocycles. The van der Waals surface area contributed by atoms with Gasteiger partial charge < -0.3 is 5.73 Å². The average molecular weight is 237 g/mol. The highest BCUT2D eigenvalue weighted by molar-refractivity contribution is 5.85.